The molecule has 3 aromatic heterocycles. The lowest BCUT2D eigenvalue weighted by atomic mass is 10.1. The molecule has 4 aromatic rings. The Kier molecular flexibility index (Phi) is 3.94. The van der Waals surface area contributed by atoms with Gasteiger partial charge in [-0.25, -0.2) is 9.97 Å². The predicted octanol–water partition coefficient (Wildman–Crippen LogP) is 3.55. The summed E-state index contributed by atoms with van der Waals surface area (Å²) in [6, 6.07) is 5.97. The standard InChI is InChI=1S/C19H19ClN8/c1-28(15-7-14(26-27-15)10-2-3-10)19-22-8-12(18(21)25-19)6-11-4-5-13-17(16(11)20)24-9-23-13/h4-5,7-10H,2-3,6H2,1H3,(H,23,24)(H,26,27)(H2,21,22,25). The molecule has 9 heteroatoms. The topological polar surface area (TPSA) is 112 Å². The van der Waals surface area contributed by atoms with Crippen LogP contribution < -0.4 is 10.6 Å². The van der Waals surface area contributed by atoms with Gasteiger partial charge in [0.2, 0.25) is 5.95 Å². The van der Waals surface area contributed by atoms with Crippen molar-refractivity contribution in [1.82, 2.24) is 30.1 Å². The van der Waals surface area contributed by atoms with Gasteiger partial charge in [0, 0.05) is 42.9 Å². The molecule has 28 heavy (non-hydrogen) atoms. The van der Waals surface area contributed by atoms with Crippen molar-refractivity contribution in [3.63, 3.8) is 0 Å². The molecule has 1 aromatic carbocycles. The van der Waals surface area contributed by atoms with Crippen LogP contribution in [0.2, 0.25) is 5.02 Å². The number of fused-ring (bicyclic) bond motifs is 1. The van der Waals surface area contributed by atoms with Gasteiger partial charge in [0.1, 0.15) is 11.3 Å². The summed E-state index contributed by atoms with van der Waals surface area (Å²) >= 11 is 6.50. The summed E-state index contributed by atoms with van der Waals surface area (Å²) in [6.45, 7) is 0. The fourth-order valence-corrected chi connectivity index (χ4v) is 3.55. The molecule has 0 saturated heterocycles. The van der Waals surface area contributed by atoms with Gasteiger partial charge in [-0.1, -0.05) is 17.7 Å². The second-order valence-electron chi connectivity index (χ2n) is 7.11. The van der Waals surface area contributed by atoms with E-state index in [1.54, 1.807) is 12.5 Å². The number of benzene rings is 1. The molecule has 142 valence electrons. The Bertz CT molecular complexity index is 1160. The van der Waals surface area contributed by atoms with Crippen molar-refractivity contribution >= 4 is 40.2 Å². The molecule has 1 saturated carbocycles. The number of nitrogens with one attached hydrogen (secondary N) is 2. The van der Waals surface area contributed by atoms with Crippen molar-refractivity contribution in [2.45, 2.75) is 25.2 Å². The maximum absolute atomic E-state index is 6.50. The second-order valence-corrected chi connectivity index (χ2v) is 7.49. The van der Waals surface area contributed by atoms with E-state index >= 15 is 0 Å². The molecule has 1 fully saturated rings. The quantitative estimate of drug-likeness (QED) is 0.477. The highest BCUT2D eigenvalue weighted by Crippen LogP contribution is 2.40. The van der Waals surface area contributed by atoms with Gasteiger partial charge in [0.05, 0.1) is 16.9 Å². The van der Waals surface area contributed by atoms with E-state index in [9.17, 15) is 0 Å². The third-order valence-electron chi connectivity index (χ3n) is 5.12. The zero-order chi connectivity index (χ0) is 19.3. The van der Waals surface area contributed by atoms with Crippen LogP contribution in [-0.4, -0.2) is 37.2 Å². The van der Waals surface area contributed by atoms with Gasteiger partial charge in [-0.3, -0.25) is 10.00 Å². The molecule has 5 rings (SSSR count). The number of imidazole rings is 1. The lowest BCUT2D eigenvalue weighted by Crippen LogP contribution is -2.15. The number of halogens is 1. The van der Waals surface area contributed by atoms with Crippen molar-refractivity contribution < 1.29 is 0 Å². The molecule has 1 aliphatic rings. The minimum absolute atomic E-state index is 0.424. The number of rotatable bonds is 5. The summed E-state index contributed by atoms with van der Waals surface area (Å²) in [4.78, 5) is 18.1. The molecule has 8 nitrogen and oxygen atoms in total. The zero-order valence-corrected chi connectivity index (χ0v) is 16.0. The van der Waals surface area contributed by atoms with E-state index in [1.165, 1.54) is 12.8 Å². The summed E-state index contributed by atoms with van der Waals surface area (Å²) in [5.74, 6) is 2.32. The van der Waals surface area contributed by atoms with Gasteiger partial charge in [-0.2, -0.15) is 10.1 Å². The molecule has 0 bridgehead atoms. The van der Waals surface area contributed by atoms with Crippen LogP contribution in [0, 0.1) is 0 Å². The summed E-state index contributed by atoms with van der Waals surface area (Å²) in [7, 11) is 1.88. The van der Waals surface area contributed by atoms with Gasteiger partial charge in [-0.05, 0) is 24.5 Å². The first-order valence-electron chi connectivity index (χ1n) is 9.11. The smallest absolute Gasteiger partial charge is 0.232 e. The Labute approximate surface area is 166 Å². The maximum atomic E-state index is 6.50. The molecule has 0 spiro atoms. The number of aromatic nitrogens is 6. The summed E-state index contributed by atoms with van der Waals surface area (Å²) in [5, 5.41) is 8.07. The molecule has 0 radical (unpaired) electrons. The highest BCUT2D eigenvalue weighted by atomic mass is 35.5. The molecule has 4 N–H and O–H groups in total. The highest BCUT2D eigenvalue weighted by Gasteiger charge is 2.26. The largest absolute Gasteiger partial charge is 0.383 e. The molecule has 0 unspecified atom stereocenters. The first-order valence-corrected chi connectivity index (χ1v) is 9.49. The van der Waals surface area contributed by atoms with E-state index < -0.39 is 0 Å². The number of hydrogen-bond donors (Lipinski definition) is 3. The SMILES string of the molecule is CN(c1cc(C2CC2)[nH]n1)c1ncc(Cc2ccc3[nH]cnc3c2Cl)c(N)n1. The van der Waals surface area contributed by atoms with Crippen LogP contribution in [0.3, 0.4) is 0 Å². The summed E-state index contributed by atoms with van der Waals surface area (Å²) in [5.41, 5.74) is 10.8. The van der Waals surface area contributed by atoms with Gasteiger partial charge >= 0.3 is 0 Å². The lowest BCUT2D eigenvalue weighted by molar-refractivity contribution is 0.944. The van der Waals surface area contributed by atoms with E-state index in [-0.39, 0.29) is 0 Å². The van der Waals surface area contributed by atoms with E-state index in [4.69, 9.17) is 17.3 Å². The Hall–Kier alpha value is -3.13. The molecule has 0 atom stereocenters. The number of aromatic amines is 2. The Morgan fingerprint density at radius 3 is 2.89 bits per heavy atom. The number of anilines is 3. The highest BCUT2D eigenvalue weighted by molar-refractivity contribution is 6.35. The molecular weight excluding hydrogens is 376 g/mol. The monoisotopic (exact) mass is 394 g/mol. The first kappa shape index (κ1) is 17.0. The van der Waals surface area contributed by atoms with Crippen LogP contribution >= 0.6 is 11.6 Å². The average molecular weight is 395 g/mol. The van der Waals surface area contributed by atoms with E-state index in [2.05, 4.69) is 30.1 Å². The van der Waals surface area contributed by atoms with Gasteiger partial charge in [0.15, 0.2) is 5.82 Å². The van der Waals surface area contributed by atoms with Gasteiger partial charge in [-0.15, -0.1) is 0 Å². The summed E-state index contributed by atoms with van der Waals surface area (Å²) < 4.78 is 0. The Morgan fingerprint density at radius 2 is 2.11 bits per heavy atom. The van der Waals surface area contributed by atoms with Crippen molar-refractivity contribution in [2.75, 3.05) is 17.7 Å². The number of nitrogen functional groups attached to an aromatic ring is 1. The van der Waals surface area contributed by atoms with Gasteiger partial charge in [0.25, 0.3) is 0 Å². The van der Waals surface area contributed by atoms with Crippen molar-refractivity contribution in [3.8, 4) is 0 Å². The fraction of sp³-hybridized carbons (Fsp3) is 0.263. The number of hydrogen-bond acceptors (Lipinski definition) is 6. The predicted molar refractivity (Wildman–Crippen MR) is 109 cm³/mol. The van der Waals surface area contributed by atoms with E-state index in [0.717, 1.165) is 33.7 Å². The number of nitrogens with zero attached hydrogens (tertiary/aromatic N) is 5. The molecule has 3 heterocycles. The minimum Gasteiger partial charge on any atom is -0.383 e. The van der Waals surface area contributed by atoms with Crippen molar-refractivity contribution in [2.24, 2.45) is 0 Å². The second kappa shape index (κ2) is 6.49. The Balaban J connectivity index is 1.39. The van der Waals surface area contributed by atoms with E-state index in [1.807, 2.05) is 30.1 Å². The third-order valence-corrected chi connectivity index (χ3v) is 5.54. The van der Waals surface area contributed by atoms with Crippen LogP contribution in [0.4, 0.5) is 17.6 Å². The third kappa shape index (κ3) is 2.95. The van der Waals surface area contributed by atoms with Crippen LogP contribution in [0.5, 0.6) is 0 Å². The van der Waals surface area contributed by atoms with Gasteiger partial charge < -0.3 is 10.7 Å². The lowest BCUT2D eigenvalue weighted by Gasteiger charge is -2.15. The van der Waals surface area contributed by atoms with Crippen molar-refractivity contribution in [1.29, 1.82) is 0 Å². The molecule has 1 aliphatic carbocycles. The molecule has 0 aliphatic heterocycles. The first-order chi connectivity index (χ1) is 13.6. The minimum atomic E-state index is 0.424. The van der Waals surface area contributed by atoms with Crippen LogP contribution in [-0.2, 0) is 6.42 Å². The molecule has 0 amide bonds. The average Bonchev–Trinajstić information content (AvgIpc) is 3.23. The van der Waals surface area contributed by atoms with Crippen LogP contribution in [0.1, 0.15) is 35.6 Å². The van der Waals surface area contributed by atoms with E-state index in [0.29, 0.717) is 29.1 Å². The van der Waals surface area contributed by atoms with Crippen LogP contribution in [0.25, 0.3) is 11.0 Å². The summed E-state index contributed by atoms with van der Waals surface area (Å²) in [6.07, 6.45) is 6.34. The van der Waals surface area contributed by atoms with Crippen LogP contribution in [0.15, 0.2) is 30.7 Å². The van der Waals surface area contributed by atoms with Crippen molar-refractivity contribution in [3.05, 3.63) is 52.6 Å². The Morgan fingerprint density at radius 1 is 1.25 bits per heavy atom. The zero-order valence-electron chi connectivity index (χ0n) is 15.3. The fourth-order valence-electron chi connectivity index (χ4n) is 3.27. The maximum Gasteiger partial charge on any atom is 0.232 e. The number of nitrogens with two attached hydrogens (primary N) is 1. The normalized spacial score (nSPS) is 13.9. The molecular formula is C19H19ClN8. The number of H-pyrrole nitrogens is 2.